The second kappa shape index (κ2) is 10.7. The van der Waals surface area contributed by atoms with Crippen LogP contribution < -0.4 is 19.9 Å². The highest BCUT2D eigenvalue weighted by molar-refractivity contribution is 5.90. The minimum atomic E-state index is -0.771. The summed E-state index contributed by atoms with van der Waals surface area (Å²) in [7, 11) is 5.73. The summed E-state index contributed by atoms with van der Waals surface area (Å²) < 4.78 is 26.7. The molecule has 180 valence electrons. The Morgan fingerprint density at radius 2 is 1.52 bits per heavy atom. The van der Waals surface area contributed by atoms with E-state index < -0.39 is 17.7 Å². The van der Waals surface area contributed by atoms with Gasteiger partial charge in [0.05, 0.1) is 47.1 Å². The molecule has 1 aromatic heterocycles. The number of carbonyl (C=O) groups is 2. The molecule has 0 aliphatic heterocycles. The summed E-state index contributed by atoms with van der Waals surface area (Å²) in [6.07, 6.45) is 0.500. The lowest BCUT2D eigenvalue weighted by Gasteiger charge is -2.29. The smallest absolute Gasteiger partial charge is 0.410 e. The van der Waals surface area contributed by atoms with Crippen LogP contribution in [0.2, 0.25) is 0 Å². The lowest BCUT2D eigenvalue weighted by Crippen LogP contribution is -2.37. The second-order valence-electron chi connectivity index (χ2n) is 7.92. The third-order valence-corrected chi connectivity index (χ3v) is 4.52. The normalized spacial score (nSPS) is 10.9. The topological polar surface area (TPSA) is 135 Å². The van der Waals surface area contributed by atoms with Crippen LogP contribution in [0.25, 0.3) is 0 Å². The average Bonchev–Trinajstić information content (AvgIpc) is 2.77. The number of esters is 1. The molecule has 1 amide bonds. The molecule has 0 unspecified atom stereocenters. The van der Waals surface area contributed by atoms with Crippen LogP contribution in [0, 0.1) is 0 Å². The molecule has 2 aromatic rings. The zero-order chi connectivity index (χ0) is 24.8. The highest BCUT2D eigenvalue weighted by atomic mass is 16.6. The van der Waals surface area contributed by atoms with E-state index in [0.717, 1.165) is 6.33 Å². The first kappa shape index (κ1) is 25.5. The van der Waals surface area contributed by atoms with Gasteiger partial charge in [0.2, 0.25) is 0 Å². The van der Waals surface area contributed by atoms with Gasteiger partial charge in [-0.3, -0.25) is 4.90 Å². The van der Waals surface area contributed by atoms with Gasteiger partial charge in [-0.1, -0.05) is 0 Å². The zero-order valence-electron chi connectivity index (χ0n) is 19.9. The molecule has 0 saturated heterocycles. The molecule has 0 fully saturated rings. The molecular formula is C22H30N4O7. The van der Waals surface area contributed by atoms with Crippen molar-refractivity contribution < 1.29 is 33.3 Å². The summed E-state index contributed by atoms with van der Waals surface area (Å²) in [5, 5.41) is 0. The number of nitrogens with two attached hydrogens (primary N) is 1. The minimum absolute atomic E-state index is 0.000200. The van der Waals surface area contributed by atoms with Crippen molar-refractivity contribution in [2.45, 2.75) is 39.5 Å². The maximum Gasteiger partial charge on any atom is 0.410 e. The van der Waals surface area contributed by atoms with Crippen LogP contribution in [-0.2, 0) is 22.6 Å². The predicted molar refractivity (Wildman–Crippen MR) is 119 cm³/mol. The van der Waals surface area contributed by atoms with Crippen molar-refractivity contribution in [1.29, 1.82) is 0 Å². The van der Waals surface area contributed by atoms with Crippen LogP contribution in [0.4, 0.5) is 10.6 Å². The van der Waals surface area contributed by atoms with Gasteiger partial charge in [0.25, 0.3) is 0 Å². The molecule has 1 heterocycles. The van der Waals surface area contributed by atoms with Crippen LogP contribution in [0.15, 0.2) is 18.5 Å². The summed E-state index contributed by atoms with van der Waals surface area (Å²) >= 11 is 0. The van der Waals surface area contributed by atoms with Crippen molar-refractivity contribution in [3.05, 3.63) is 35.3 Å². The molecule has 33 heavy (non-hydrogen) atoms. The summed E-state index contributed by atoms with van der Waals surface area (Å²) in [4.78, 5) is 34.7. The van der Waals surface area contributed by atoms with E-state index in [-0.39, 0.29) is 30.2 Å². The SMILES string of the molecule is COC(=O)c1ncnc(N)c1CN(Cc1c(OC)cc(OC)cc1OC)C(=O)OC(C)(C)C. The van der Waals surface area contributed by atoms with E-state index in [1.54, 1.807) is 32.9 Å². The highest BCUT2D eigenvalue weighted by Gasteiger charge is 2.28. The van der Waals surface area contributed by atoms with Gasteiger partial charge in [0, 0.05) is 17.7 Å². The number of rotatable bonds is 8. The average molecular weight is 463 g/mol. The fourth-order valence-corrected chi connectivity index (χ4v) is 2.98. The number of anilines is 1. The van der Waals surface area contributed by atoms with E-state index in [1.165, 1.54) is 33.3 Å². The van der Waals surface area contributed by atoms with E-state index in [4.69, 9.17) is 29.4 Å². The molecule has 11 heteroatoms. The molecule has 0 aliphatic carbocycles. The fourth-order valence-electron chi connectivity index (χ4n) is 2.98. The van der Waals surface area contributed by atoms with Gasteiger partial charge in [-0.2, -0.15) is 0 Å². The van der Waals surface area contributed by atoms with Crippen LogP contribution in [0.1, 0.15) is 42.4 Å². The van der Waals surface area contributed by atoms with E-state index in [9.17, 15) is 9.59 Å². The van der Waals surface area contributed by atoms with Gasteiger partial charge in [0.1, 0.15) is 35.0 Å². The van der Waals surface area contributed by atoms with Crippen molar-refractivity contribution >= 4 is 17.9 Å². The fraction of sp³-hybridized carbons (Fsp3) is 0.455. The van der Waals surface area contributed by atoms with E-state index in [1.807, 2.05) is 0 Å². The van der Waals surface area contributed by atoms with Gasteiger partial charge >= 0.3 is 12.1 Å². The summed E-state index contributed by atoms with van der Waals surface area (Å²) in [5.74, 6) is 0.718. The molecule has 0 bridgehead atoms. The van der Waals surface area contributed by atoms with Crippen LogP contribution >= 0.6 is 0 Å². The third-order valence-electron chi connectivity index (χ3n) is 4.52. The van der Waals surface area contributed by atoms with E-state index in [0.29, 0.717) is 22.8 Å². The first-order chi connectivity index (χ1) is 15.5. The number of methoxy groups -OCH3 is 4. The standard InChI is InChI=1S/C22H30N4O7/c1-22(2,3)33-21(28)26(11-15-18(20(27)32-7)24-12-25-19(15)23)10-14-16(30-5)8-13(29-4)9-17(14)31-6/h8-9,12H,10-11H2,1-7H3,(H2,23,24,25). The number of amides is 1. The van der Waals surface area contributed by atoms with Gasteiger partial charge in [-0.25, -0.2) is 19.6 Å². The summed E-state index contributed by atoms with van der Waals surface area (Å²) in [6.45, 7) is 5.11. The maximum atomic E-state index is 13.2. The van der Waals surface area contributed by atoms with Crippen molar-refractivity contribution in [3.8, 4) is 17.2 Å². The van der Waals surface area contributed by atoms with Gasteiger partial charge in [-0.15, -0.1) is 0 Å². The quantitative estimate of drug-likeness (QED) is 0.583. The van der Waals surface area contributed by atoms with Crippen LogP contribution in [0.5, 0.6) is 17.2 Å². The van der Waals surface area contributed by atoms with Crippen molar-refractivity contribution in [1.82, 2.24) is 14.9 Å². The van der Waals surface area contributed by atoms with Gasteiger partial charge in [-0.05, 0) is 20.8 Å². The first-order valence-electron chi connectivity index (χ1n) is 9.99. The molecule has 0 saturated carbocycles. The van der Waals surface area contributed by atoms with Crippen LogP contribution in [0.3, 0.4) is 0 Å². The molecule has 0 atom stereocenters. The number of ether oxygens (including phenoxy) is 5. The zero-order valence-corrected chi connectivity index (χ0v) is 19.9. The Hall–Kier alpha value is -3.76. The largest absolute Gasteiger partial charge is 0.496 e. The maximum absolute atomic E-state index is 13.2. The third kappa shape index (κ3) is 6.37. The predicted octanol–water partition coefficient (Wildman–Crippen LogP) is 2.81. The van der Waals surface area contributed by atoms with Gasteiger partial charge < -0.3 is 29.4 Å². The Bertz CT molecular complexity index is 980. The molecule has 2 rings (SSSR count). The van der Waals surface area contributed by atoms with E-state index in [2.05, 4.69) is 9.97 Å². The molecule has 2 N–H and O–H groups in total. The molecule has 1 aromatic carbocycles. The number of nitrogens with zero attached hydrogens (tertiary/aromatic N) is 3. The molecule has 0 aliphatic rings. The Morgan fingerprint density at radius 1 is 0.939 bits per heavy atom. The number of benzene rings is 1. The highest BCUT2D eigenvalue weighted by Crippen LogP contribution is 2.35. The molecule has 11 nitrogen and oxygen atoms in total. The summed E-state index contributed by atoms with van der Waals surface area (Å²) in [5.41, 5.74) is 5.99. The monoisotopic (exact) mass is 462 g/mol. The number of hydrogen-bond donors (Lipinski definition) is 1. The Balaban J connectivity index is 2.57. The lowest BCUT2D eigenvalue weighted by atomic mass is 10.1. The molecular weight excluding hydrogens is 432 g/mol. The molecule has 0 radical (unpaired) electrons. The number of nitrogen functional groups attached to an aromatic ring is 1. The van der Waals surface area contributed by atoms with Crippen LogP contribution in [-0.4, -0.2) is 61.0 Å². The van der Waals surface area contributed by atoms with Crippen molar-refractivity contribution in [3.63, 3.8) is 0 Å². The number of hydrogen-bond acceptors (Lipinski definition) is 10. The van der Waals surface area contributed by atoms with Crippen molar-refractivity contribution in [2.75, 3.05) is 34.2 Å². The molecule has 0 spiro atoms. The first-order valence-corrected chi connectivity index (χ1v) is 9.99. The number of carbonyl (C=O) groups excluding carboxylic acids is 2. The number of aromatic nitrogens is 2. The Kier molecular flexibility index (Phi) is 8.27. The Morgan fingerprint density at radius 3 is 2.00 bits per heavy atom. The van der Waals surface area contributed by atoms with Crippen molar-refractivity contribution in [2.24, 2.45) is 0 Å². The van der Waals surface area contributed by atoms with Gasteiger partial charge in [0.15, 0.2) is 5.69 Å². The lowest BCUT2D eigenvalue weighted by molar-refractivity contribution is 0.0211. The van der Waals surface area contributed by atoms with E-state index >= 15 is 0 Å². The minimum Gasteiger partial charge on any atom is -0.496 e. The summed E-state index contributed by atoms with van der Waals surface area (Å²) in [6, 6.07) is 3.34. The second-order valence-corrected chi connectivity index (χ2v) is 7.92. The Labute approximate surface area is 192 Å².